The molecule has 2 aromatic rings. The van der Waals surface area contributed by atoms with E-state index in [-0.39, 0.29) is 0 Å². The van der Waals surface area contributed by atoms with Crippen LogP contribution >= 0.6 is 22.7 Å². The molecule has 6 heteroatoms. The van der Waals surface area contributed by atoms with Gasteiger partial charge in [-0.1, -0.05) is 38.5 Å². The van der Waals surface area contributed by atoms with Gasteiger partial charge in [0.25, 0.3) is 0 Å². The molecule has 0 aliphatic heterocycles. The summed E-state index contributed by atoms with van der Waals surface area (Å²) in [6.45, 7) is 8.65. The van der Waals surface area contributed by atoms with E-state index in [0.29, 0.717) is 6.04 Å². The molecule has 20 heavy (non-hydrogen) atoms. The maximum absolute atomic E-state index is 4.72. The van der Waals surface area contributed by atoms with Gasteiger partial charge in [0, 0.05) is 6.04 Å². The molecule has 0 saturated heterocycles. The summed E-state index contributed by atoms with van der Waals surface area (Å²) < 4.78 is 0. The van der Waals surface area contributed by atoms with E-state index in [1.54, 1.807) is 22.7 Å². The van der Waals surface area contributed by atoms with Crippen LogP contribution in [0, 0.1) is 0 Å². The number of aromatic nitrogens is 3. The number of hydrogen-bond acceptors (Lipinski definition) is 6. The van der Waals surface area contributed by atoms with Crippen LogP contribution in [-0.2, 0) is 12.8 Å². The van der Waals surface area contributed by atoms with Crippen molar-refractivity contribution in [3.05, 3.63) is 10.7 Å². The van der Waals surface area contributed by atoms with Crippen LogP contribution in [0.4, 0.5) is 5.13 Å². The Morgan fingerprint density at radius 1 is 1.15 bits per heavy atom. The first-order valence-electron chi connectivity index (χ1n) is 7.26. The highest BCUT2D eigenvalue weighted by molar-refractivity contribution is 7.23. The number of anilines is 1. The quantitative estimate of drug-likeness (QED) is 0.824. The fourth-order valence-electron chi connectivity index (χ4n) is 1.81. The first-order valence-corrected chi connectivity index (χ1v) is 8.90. The minimum atomic E-state index is 0.429. The van der Waals surface area contributed by atoms with Crippen molar-refractivity contribution in [3.8, 4) is 9.88 Å². The van der Waals surface area contributed by atoms with E-state index in [1.807, 2.05) is 0 Å². The molecule has 0 spiro atoms. The predicted octanol–water partition coefficient (Wildman–Crippen LogP) is 4.39. The molecule has 1 N–H and O–H groups in total. The van der Waals surface area contributed by atoms with Crippen LogP contribution in [0.2, 0.25) is 0 Å². The van der Waals surface area contributed by atoms with Crippen molar-refractivity contribution in [2.75, 3.05) is 5.32 Å². The molecule has 1 atom stereocenters. The zero-order valence-electron chi connectivity index (χ0n) is 12.6. The van der Waals surface area contributed by atoms with Crippen molar-refractivity contribution in [3.63, 3.8) is 0 Å². The Morgan fingerprint density at radius 2 is 1.95 bits per heavy atom. The number of rotatable bonds is 7. The second-order valence-corrected chi connectivity index (χ2v) is 6.91. The van der Waals surface area contributed by atoms with Gasteiger partial charge in [-0.2, -0.15) is 0 Å². The maximum Gasteiger partial charge on any atom is 0.206 e. The average molecular weight is 310 g/mol. The lowest BCUT2D eigenvalue weighted by Gasteiger charge is -2.07. The molecule has 2 rings (SSSR count). The van der Waals surface area contributed by atoms with Crippen LogP contribution in [0.25, 0.3) is 9.88 Å². The summed E-state index contributed by atoms with van der Waals surface area (Å²) in [6, 6.07) is 0.429. The second-order valence-electron chi connectivity index (χ2n) is 4.85. The first-order chi connectivity index (χ1) is 9.67. The molecule has 0 radical (unpaired) electrons. The molecule has 0 fully saturated rings. The summed E-state index contributed by atoms with van der Waals surface area (Å²) in [5.74, 6) is 0. The molecule has 0 bridgehead atoms. The summed E-state index contributed by atoms with van der Waals surface area (Å²) >= 11 is 3.39. The normalized spacial score (nSPS) is 12.6. The van der Waals surface area contributed by atoms with E-state index in [2.05, 4.69) is 43.2 Å². The number of nitrogens with one attached hydrogen (secondary N) is 1. The van der Waals surface area contributed by atoms with E-state index < -0.39 is 0 Å². The molecule has 0 amide bonds. The minimum Gasteiger partial charge on any atom is -0.358 e. The highest BCUT2D eigenvalue weighted by Crippen LogP contribution is 2.35. The minimum absolute atomic E-state index is 0.429. The molecule has 0 aromatic carbocycles. The highest BCUT2D eigenvalue weighted by atomic mass is 32.1. The first kappa shape index (κ1) is 15.4. The van der Waals surface area contributed by atoms with Crippen molar-refractivity contribution in [2.24, 2.45) is 0 Å². The molecule has 4 nitrogen and oxygen atoms in total. The number of nitrogens with zero attached hydrogens (tertiary/aromatic N) is 3. The van der Waals surface area contributed by atoms with Crippen LogP contribution in [0.3, 0.4) is 0 Å². The molecule has 0 aliphatic carbocycles. The van der Waals surface area contributed by atoms with Gasteiger partial charge in [-0.3, -0.25) is 0 Å². The fraction of sp³-hybridized carbons (Fsp3) is 0.643. The zero-order chi connectivity index (χ0) is 14.5. The molecule has 0 saturated carbocycles. The summed E-state index contributed by atoms with van der Waals surface area (Å²) in [5, 5.41) is 15.1. The van der Waals surface area contributed by atoms with Crippen LogP contribution in [0.15, 0.2) is 0 Å². The third-order valence-electron chi connectivity index (χ3n) is 3.13. The van der Waals surface area contributed by atoms with Crippen LogP contribution in [-0.4, -0.2) is 21.2 Å². The van der Waals surface area contributed by atoms with Gasteiger partial charge in [0.15, 0.2) is 5.01 Å². The Labute approximate surface area is 128 Å². The molecule has 2 heterocycles. The largest absolute Gasteiger partial charge is 0.358 e. The van der Waals surface area contributed by atoms with Gasteiger partial charge >= 0.3 is 0 Å². The van der Waals surface area contributed by atoms with Crippen LogP contribution in [0.5, 0.6) is 0 Å². The number of hydrogen-bond donors (Lipinski definition) is 1. The average Bonchev–Trinajstić information content (AvgIpc) is 3.05. The Hall–Kier alpha value is -1.01. The molecular formula is C14H22N4S2. The molecule has 110 valence electrons. The summed E-state index contributed by atoms with van der Waals surface area (Å²) in [7, 11) is 0. The van der Waals surface area contributed by atoms with Crippen LogP contribution < -0.4 is 5.32 Å². The van der Waals surface area contributed by atoms with E-state index in [4.69, 9.17) is 4.98 Å². The van der Waals surface area contributed by atoms with E-state index in [9.17, 15) is 0 Å². The lowest BCUT2D eigenvalue weighted by Crippen LogP contribution is -2.12. The zero-order valence-corrected chi connectivity index (χ0v) is 14.2. The Kier molecular flexibility index (Phi) is 5.48. The summed E-state index contributed by atoms with van der Waals surface area (Å²) in [6.07, 6.45) is 4.19. The summed E-state index contributed by atoms with van der Waals surface area (Å²) in [5.41, 5.74) is 1.18. The maximum atomic E-state index is 4.72. The fourth-order valence-corrected chi connectivity index (χ4v) is 3.81. The van der Waals surface area contributed by atoms with Gasteiger partial charge in [-0.05, 0) is 26.2 Å². The van der Waals surface area contributed by atoms with Crippen LogP contribution in [0.1, 0.15) is 51.2 Å². The van der Waals surface area contributed by atoms with Crippen molar-refractivity contribution < 1.29 is 0 Å². The van der Waals surface area contributed by atoms with E-state index >= 15 is 0 Å². The molecular weight excluding hydrogens is 288 g/mol. The standard InChI is InChI=1S/C14H22N4S2/c1-5-8-10-12(19-11(7-3)16-10)13-17-18-14(20-13)15-9(4)6-2/h9H,5-8H2,1-4H3,(H,15,18). The van der Waals surface area contributed by atoms with Gasteiger partial charge < -0.3 is 5.32 Å². The Morgan fingerprint density at radius 3 is 2.60 bits per heavy atom. The van der Waals surface area contributed by atoms with Crippen molar-refractivity contribution in [1.29, 1.82) is 0 Å². The van der Waals surface area contributed by atoms with Crippen molar-refractivity contribution in [1.82, 2.24) is 15.2 Å². The van der Waals surface area contributed by atoms with Crippen molar-refractivity contribution in [2.45, 2.75) is 59.4 Å². The monoisotopic (exact) mass is 310 g/mol. The van der Waals surface area contributed by atoms with Gasteiger partial charge in [0.1, 0.15) is 0 Å². The molecule has 1 unspecified atom stereocenters. The SMILES string of the molecule is CCCc1nc(CC)sc1-c1nnc(NC(C)CC)s1. The third kappa shape index (κ3) is 3.55. The third-order valence-corrected chi connectivity index (χ3v) is 5.38. The Bertz CT molecular complexity index is 547. The van der Waals surface area contributed by atoms with Gasteiger partial charge in [-0.25, -0.2) is 4.98 Å². The van der Waals surface area contributed by atoms with Gasteiger partial charge in [0.2, 0.25) is 5.13 Å². The predicted molar refractivity (Wildman–Crippen MR) is 87.8 cm³/mol. The Balaban J connectivity index is 2.24. The number of thiazole rings is 1. The lowest BCUT2D eigenvalue weighted by molar-refractivity contribution is 0.760. The lowest BCUT2D eigenvalue weighted by atomic mass is 10.2. The van der Waals surface area contributed by atoms with E-state index in [0.717, 1.165) is 35.8 Å². The topological polar surface area (TPSA) is 50.7 Å². The molecule has 2 aromatic heterocycles. The van der Waals surface area contributed by atoms with Crippen molar-refractivity contribution >= 4 is 27.8 Å². The second kappa shape index (κ2) is 7.13. The summed E-state index contributed by atoms with van der Waals surface area (Å²) in [4.78, 5) is 5.93. The van der Waals surface area contributed by atoms with E-state index in [1.165, 1.54) is 15.6 Å². The number of aryl methyl sites for hydroxylation is 2. The molecule has 0 aliphatic rings. The highest BCUT2D eigenvalue weighted by Gasteiger charge is 2.16. The smallest absolute Gasteiger partial charge is 0.206 e. The van der Waals surface area contributed by atoms with Gasteiger partial charge in [0.05, 0.1) is 15.6 Å². The van der Waals surface area contributed by atoms with Gasteiger partial charge in [-0.15, -0.1) is 21.5 Å².